The van der Waals surface area contributed by atoms with E-state index in [1.807, 2.05) is 6.92 Å². The monoisotopic (exact) mass is 165 g/mol. The first kappa shape index (κ1) is 7.10. The highest BCUT2D eigenvalue weighted by molar-refractivity contribution is 5.43. The summed E-state index contributed by atoms with van der Waals surface area (Å²) in [6, 6.07) is 0.547. The Bertz CT molecular complexity index is 259. The molecule has 2 saturated carbocycles. The molecule has 0 radical (unpaired) electrons. The molecule has 0 aromatic carbocycles. The first-order valence-electron chi connectivity index (χ1n) is 4.88. The number of hydrogen-bond donors (Lipinski definition) is 2. The summed E-state index contributed by atoms with van der Waals surface area (Å²) in [6.45, 7) is 1.81. The minimum Gasteiger partial charge on any atom is -0.379 e. The summed E-state index contributed by atoms with van der Waals surface area (Å²) in [5.74, 6) is 0.897. The lowest BCUT2D eigenvalue weighted by Crippen LogP contribution is -2.53. The Hall–Kier alpha value is -0.340. The molecule has 2 N–H and O–H groups in total. The predicted octanol–water partition coefficient (Wildman–Crippen LogP) is 1.02. The van der Waals surface area contributed by atoms with E-state index < -0.39 is 0 Å². The van der Waals surface area contributed by atoms with Crippen molar-refractivity contribution in [1.29, 1.82) is 0 Å². The zero-order valence-corrected chi connectivity index (χ0v) is 7.38. The normalized spacial score (nSPS) is 50.3. The molecule has 1 spiro atoms. The van der Waals surface area contributed by atoms with E-state index in [0.29, 0.717) is 11.5 Å². The van der Waals surface area contributed by atoms with Crippen molar-refractivity contribution in [3.8, 4) is 0 Å². The Morgan fingerprint density at radius 2 is 2.58 bits per heavy atom. The van der Waals surface area contributed by atoms with Gasteiger partial charge in [-0.25, -0.2) is 0 Å². The third-order valence-electron chi connectivity index (χ3n) is 3.95. The summed E-state index contributed by atoms with van der Waals surface area (Å²) in [5.41, 5.74) is 2.14. The molecular formula is C10H15NO. The van der Waals surface area contributed by atoms with E-state index in [2.05, 4.69) is 11.4 Å². The maximum Gasteiger partial charge on any atom is 0.102 e. The van der Waals surface area contributed by atoms with Crippen LogP contribution in [0.15, 0.2) is 11.6 Å². The molecule has 0 amide bonds. The molecule has 4 aliphatic carbocycles. The summed E-state index contributed by atoms with van der Waals surface area (Å²) in [4.78, 5) is 0. The molecule has 0 heterocycles. The van der Waals surface area contributed by atoms with Crippen molar-refractivity contribution in [2.24, 2.45) is 11.3 Å². The van der Waals surface area contributed by atoms with Gasteiger partial charge in [0.25, 0.3) is 0 Å². The summed E-state index contributed by atoms with van der Waals surface area (Å²) in [7, 11) is 0. The number of nitrogens with one attached hydrogen (secondary N) is 1. The summed E-state index contributed by atoms with van der Waals surface area (Å²) in [5, 5.41) is 12.5. The van der Waals surface area contributed by atoms with Crippen LogP contribution in [0.5, 0.6) is 0 Å². The first-order valence-corrected chi connectivity index (χ1v) is 4.88. The van der Waals surface area contributed by atoms with Gasteiger partial charge in [0.2, 0.25) is 0 Å². The Morgan fingerprint density at radius 3 is 3.00 bits per heavy atom. The van der Waals surface area contributed by atoms with Gasteiger partial charge >= 0.3 is 0 Å². The number of rotatable bonds is 2. The maximum absolute atomic E-state index is 9.24. The second-order valence-electron chi connectivity index (χ2n) is 4.52. The largest absolute Gasteiger partial charge is 0.379 e. The number of fused-ring (bicyclic) bond motifs is 1. The molecule has 4 atom stereocenters. The van der Waals surface area contributed by atoms with E-state index in [1.165, 1.54) is 19.3 Å². The van der Waals surface area contributed by atoms with E-state index in [-0.39, 0.29) is 6.23 Å². The first-order chi connectivity index (χ1) is 5.72. The molecule has 0 saturated heterocycles. The molecule has 4 rings (SSSR count). The maximum atomic E-state index is 9.24. The second-order valence-corrected chi connectivity index (χ2v) is 4.52. The molecule has 0 aliphatic heterocycles. The van der Waals surface area contributed by atoms with Crippen LogP contribution in [0, 0.1) is 11.3 Å². The molecule has 2 heteroatoms. The topological polar surface area (TPSA) is 32.3 Å². The van der Waals surface area contributed by atoms with E-state index in [0.717, 1.165) is 5.92 Å². The van der Waals surface area contributed by atoms with Crippen molar-refractivity contribution >= 4 is 0 Å². The van der Waals surface area contributed by atoms with Crippen molar-refractivity contribution in [1.82, 2.24) is 5.32 Å². The van der Waals surface area contributed by atoms with Gasteiger partial charge in [0.1, 0.15) is 6.23 Å². The number of aliphatic hydroxyl groups is 1. The third kappa shape index (κ3) is 0.603. The molecule has 2 bridgehead atoms. The molecule has 66 valence electrons. The minimum atomic E-state index is -0.348. The molecule has 2 nitrogen and oxygen atoms in total. The lowest BCUT2D eigenvalue weighted by Gasteiger charge is -2.52. The van der Waals surface area contributed by atoms with Crippen LogP contribution in [0.3, 0.4) is 0 Å². The van der Waals surface area contributed by atoms with Gasteiger partial charge in [-0.1, -0.05) is 11.6 Å². The smallest absolute Gasteiger partial charge is 0.102 e. The predicted molar refractivity (Wildman–Crippen MR) is 46.5 cm³/mol. The molecule has 0 aromatic heterocycles. The van der Waals surface area contributed by atoms with Crippen LogP contribution in [0.4, 0.5) is 0 Å². The van der Waals surface area contributed by atoms with Gasteiger partial charge in [0.15, 0.2) is 0 Å². The van der Waals surface area contributed by atoms with Crippen molar-refractivity contribution < 1.29 is 5.11 Å². The molecule has 2 fully saturated rings. The zero-order valence-electron chi connectivity index (χ0n) is 7.38. The van der Waals surface area contributed by atoms with Gasteiger partial charge in [0, 0.05) is 11.5 Å². The second kappa shape index (κ2) is 1.94. The minimum absolute atomic E-state index is 0.348. The summed E-state index contributed by atoms with van der Waals surface area (Å²) >= 11 is 0. The molecule has 4 aliphatic rings. The van der Waals surface area contributed by atoms with Crippen molar-refractivity contribution in [2.75, 3.05) is 0 Å². The van der Waals surface area contributed by atoms with Gasteiger partial charge in [-0.15, -0.1) is 0 Å². The average Bonchev–Trinajstić information content (AvgIpc) is 2.36. The van der Waals surface area contributed by atoms with E-state index in [9.17, 15) is 5.11 Å². The van der Waals surface area contributed by atoms with Crippen LogP contribution in [0.1, 0.15) is 26.2 Å². The molecule has 4 unspecified atom stereocenters. The van der Waals surface area contributed by atoms with E-state index in [4.69, 9.17) is 0 Å². The Kier molecular flexibility index (Phi) is 1.15. The Labute approximate surface area is 72.7 Å². The standard InChI is InChI=1S/C10H15NO/c1-6(12)11-9-4-7-5-10(9)3-2-8(7)10/h5-6,8-9,11-12H,2-4H2,1H3. The van der Waals surface area contributed by atoms with Crippen LogP contribution >= 0.6 is 0 Å². The van der Waals surface area contributed by atoms with Crippen LogP contribution in [0.25, 0.3) is 0 Å². The van der Waals surface area contributed by atoms with Gasteiger partial charge in [-0.3, -0.25) is 5.32 Å². The van der Waals surface area contributed by atoms with Gasteiger partial charge in [-0.05, 0) is 32.1 Å². The molecule has 0 aromatic rings. The molecule has 12 heavy (non-hydrogen) atoms. The Morgan fingerprint density at radius 1 is 1.75 bits per heavy atom. The number of hydrogen-bond acceptors (Lipinski definition) is 2. The average molecular weight is 165 g/mol. The lowest BCUT2D eigenvalue weighted by atomic mass is 9.53. The highest BCUT2D eigenvalue weighted by Crippen LogP contribution is 2.68. The van der Waals surface area contributed by atoms with Crippen molar-refractivity contribution in [3.63, 3.8) is 0 Å². The van der Waals surface area contributed by atoms with Gasteiger partial charge in [-0.2, -0.15) is 0 Å². The fourth-order valence-electron chi connectivity index (χ4n) is 3.32. The third-order valence-corrected chi connectivity index (χ3v) is 3.95. The van der Waals surface area contributed by atoms with Crippen LogP contribution in [0.2, 0.25) is 0 Å². The fraction of sp³-hybridized carbons (Fsp3) is 0.800. The van der Waals surface area contributed by atoms with Crippen LogP contribution in [-0.2, 0) is 0 Å². The fourth-order valence-corrected chi connectivity index (χ4v) is 3.32. The summed E-state index contributed by atoms with van der Waals surface area (Å²) in [6.07, 6.45) is 6.02. The summed E-state index contributed by atoms with van der Waals surface area (Å²) < 4.78 is 0. The van der Waals surface area contributed by atoms with E-state index in [1.54, 1.807) is 5.57 Å². The van der Waals surface area contributed by atoms with Crippen molar-refractivity contribution in [2.45, 2.75) is 38.5 Å². The van der Waals surface area contributed by atoms with Gasteiger partial charge in [0.05, 0.1) is 0 Å². The zero-order chi connectivity index (χ0) is 8.34. The van der Waals surface area contributed by atoms with Crippen molar-refractivity contribution in [3.05, 3.63) is 11.6 Å². The SMILES string of the molecule is CC(O)NC1CC2=CC13CCC23. The van der Waals surface area contributed by atoms with Crippen LogP contribution < -0.4 is 5.32 Å². The number of aliphatic hydroxyl groups excluding tert-OH is 1. The highest BCUT2D eigenvalue weighted by atomic mass is 16.3. The molecular weight excluding hydrogens is 150 g/mol. The lowest BCUT2D eigenvalue weighted by molar-refractivity contribution is 0.0481. The van der Waals surface area contributed by atoms with Crippen LogP contribution in [-0.4, -0.2) is 17.4 Å². The van der Waals surface area contributed by atoms with E-state index >= 15 is 0 Å². The Balaban J connectivity index is 1.78. The highest BCUT2D eigenvalue weighted by Gasteiger charge is 2.63. The quantitative estimate of drug-likeness (QED) is 0.473. The van der Waals surface area contributed by atoms with Gasteiger partial charge < -0.3 is 5.11 Å².